The van der Waals surface area contributed by atoms with Crippen LogP contribution >= 0.6 is 0 Å². The Hall–Kier alpha value is -1.11. The second kappa shape index (κ2) is 6.77. The Labute approximate surface area is 127 Å². The zero-order valence-corrected chi connectivity index (χ0v) is 13.8. The molecule has 1 aromatic rings. The predicted octanol–water partition coefficient (Wildman–Crippen LogP) is 1.66. The number of fused-ring (bicyclic) bond motifs is 1. The third-order valence-corrected chi connectivity index (χ3v) is 5.38. The molecule has 1 atom stereocenters. The van der Waals surface area contributed by atoms with Crippen molar-refractivity contribution in [3.05, 3.63) is 23.8 Å². The summed E-state index contributed by atoms with van der Waals surface area (Å²) < 4.78 is 28.0. The van der Waals surface area contributed by atoms with Crippen LogP contribution in [0, 0.1) is 0 Å². The first kappa shape index (κ1) is 16.3. The summed E-state index contributed by atoms with van der Waals surface area (Å²) in [4.78, 5) is 2.47. The van der Waals surface area contributed by atoms with Gasteiger partial charge in [-0.15, -0.1) is 0 Å². The summed E-state index contributed by atoms with van der Waals surface area (Å²) in [5, 5.41) is 3.27. The second-order valence-electron chi connectivity index (χ2n) is 5.93. The summed E-state index contributed by atoms with van der Waals surface area (Å²) in [7, 11) is 0.516. The highest BCUT2D eigenvalue weighted by Gasteiger charge is 2.23. The fourth-order valence-corrected chi connectivity index (χ4v) is 4.14. The highest BCUT2D eigenvalue weighted by Crippen LogP contribution is 2.28. The van der Waals surface area contributed by atoms with Gasteiger partial charge in [-0.1, -0.05) is 6.07 Å². The van der Waals surface area contributed by atoms with E-state index in [9.17, 15) is 8.42 Å². The number of hydrogen-bond acceptors (Lipinski definition) is 4. The maximum Gasteiger partial charge on any atom is 0.241 e. The summed E-state index contributed by atoms with van der Waals surface area (Å²) in [5.41, 5.74) is 1.86. The summed E-state index contributed by atoms with van der Waals surface area (Å²) in [6.07, 6.45) is 2.57. The van der Waals surface area contributed by atoms with E-state index in [4.69, 9.17) is 0 Å². The van der Waals surface area contributed by atoms with E-state index in [1.54, 1.807) is 12.1 Å². The highest BCUT2D eigenvalue weighted by atomic mass is 32.2. The SMILES string of the molecule is CC(CCN(C)C)NS(=O)(=O)c1cccc2c1CCCN2. The molecule has 0 amide bonds. The molecule has 0 bridgehead atoms. The lowest BCUT2D eigenvalue weighted by molar-refractivity contribution is 0.379. The Bertz CT molecular complexity index is 585. The van der Waals surface area contributed by atoms with Gasteiger partial charge in [0.05, 0.1) is 4.90 Å². The number of hydrogen-bond donors (Lipinski definition) is 2. The van der Waals surface area contributed by atoms with E-state index in [1.807, 2.05) is 27.1 Å². The summed E-state index contributed by atoms with van der Waals surface area (Å²) in [6, 6.07) is 5.37. The van der Waals surface area contributed by atoms with Crippen LogP contribution < -0.4 is 10.0 Å². The molecule has 0 aromatic heterocycles. The van der Waals surface area contributed by atoms with Crippen LogP contribution in [0.5, 0.6) is 0 Å². The Balaban J connectivity index is 2.16. The zero-order chi connectivity index (χ0) is 15.5. The van der Waals surface area contributed by atoms with Crippen molar-refractivity contribution >= 4 is 15.7 Å². The third-order valence-electron chi connectivity index (χ3n) is 3.71. The Morgan fingerprint density at radius 3 is 2.86 bits per heavy atom. The molecule has 6 heteroatoms. The summed E-state index contributed by atoms with van der Waals surface area (Å²) in [5.74, 6) is 0. The standard InChI is InChI=1S/C15H25N3O2S/c1-12(9-11-18(2)3)17-21(19,20)15-8-4-7-14-13(15)6-5-10-16-14/h4,7-8,12,16-17H,5-6,9-11H2,1-3H3. The molecule has 0 spiro atoms. The van der Waals surface area contributed by atoms with Crippen LogP contribution in [-0.2, 0) is 16.4 Å². The van der Waals surface area contributed by atoms with E-state index in [1.165, 1.54) is 0 Å². The molecule has 1 aliphatic heterocycles. The molecule has 118 valence electrons. The van der Waals surface area contributed by atoms with Gasteiger partial charge in [-0.05, 0) is 64.5 Å². The minimum absolute atomic E-state index is 0.0789. The van der Waals surface area contributed by atoms with Crippen molar-refractivity contribution in [2.24, 2.45) is 0 Å². The Kier molecular flexibility index (Phi) is 5.24. The van der Waals surface area contributed by atoms with Crippen molar-refractivity contribution in [1.29, 1.82) is 0 Å². The van der Waals surface area contributed by atoms with E-state index in [0.717, 1.165) is 43.6 Å². The highest BCUT2D eigenvalue weighted by molar-refractivity contribution is 7.89. The first-order valence-electron chi connectivity index (χ1n) is 7.43. The van der Waals surface area contributed by atoms with Gasteiger partial charge >= 0.3 is 0 Å². The van der Waals surface area contributed by atoms with Gasteiger partial charge in [0.25, 0.3) is 0 Å². The molecule has 0 radical (unpaired) electrons. The van der Waals surface area contributed by atoms with Crippen LogP contribution in [0.2, 0.25) is 0 Å². The lowest BCUT2D eigenvalue weighted by Gasteiger charge is -2.22. The average molecular weight is 311 g/mol. The molecule has 2 rings (SSSR count). The van der Waals surface area contributed by atoms with Gasteiger partial charge in [-0.25, -0.2) is 13.1 Å². The quantitative estimate of drug-likeness (QED) is 0.839. The van der Waals surface area contributed by atoms with Crippen LogP contribution in [0.3, 0.4) is 0 Å². The van der Waals surface area contributed by atoms with Crippen molar-refractivity contribution < 1.29 is 8.42 Å². The monoisotopic (exact) mass is 311 g/mol. The zero-order valence-electron chi connectivity index (χ0n) is 13.0. The van der Waals surface area contributed by atoms with Gasteiger partial charge in [-0.2, -0.15) is 0 Å². The van der Waals surface area contributed by atoms with Gasteiger partial charge in [0.2, 0.25) is 10.0 Å². The van der Waals surface area contributed by atoms with Crippen molar-refractivity contribution in [2.75, 3.05) is 32.5 Å². The molecule has 1 unspecified atom stereocenters. The number of benzene rings is 1. The van der Waals surface area contributed by atoms with E-state index in [2.05, 4.69) is 14.9 Å². The lowest BCUT2D eigenvalue weighted by atomic mass is 10.0. The first-order chi connectivity index (χ1) is 9.90. The van der Waals surface area contributed by atoms with E-state index in [0.29, 0.717) is 4.90 Å². The van der Waals surface area contributed by atoms with Crippen molar-refractivity contribution in [1.82, 2.24) is 9.62 Å². The van der Waals surface area contributed by atoms with Crippen LogP contribution in [-0.4, -0.2) is 46.5 Å². The molecule has 1 aliphatic rings. The molecule has 0 aliphatic carbocycles. The fraction of sp³-hybridized carbons (Fsp3) is 0.600. The third kappa shape index (κ3) is 4.18. The maximum atomic E-state index is 12.6. The van der Waals surface area contributed by atoms with Gasteiger partial charge in [0.1, 0.15) is 0 Å². The van der Waals surface area contributed by atoms with E-state index >= 15 is 0 Å². The van der Waals surface area contributed by atoms with E-state index < -0.39 is 10.0 Å². The average Bonchev–Trinajstić information content (AvgIpc) is 2.44. The maximum absolute atomic E-state index is 12.6. The number of anilines is 1. The fourth-order valence-electron chi connectivity index (χ4n) is 2.57. The van der Waals surface area contributed by atoms with Gasteiger partial charge in [-0.3, -0.25) is 0 Å². The van der Waals surface area contributed by atoms with Gasteiger partial charge in [0.15, 0.2) is 0 Å². The van der Waals surface area contributed by atoms with Gasteiger partial charge in [0, 0.05) is 18.3 Å². The topological polar surface area (TPSA) is 61.4 Å². The molecule has 2 N–H and O–H groups in total. The van der Waals surface area contributed by atoms with Crippen LogP contribution in [0.15, 0.2) is 23.1 Å². The smallest absolute Gasteiger partial charge is 0.241 e. The number of nitrogens with zero attached hydrogens (tertiary/aromatic N) is 1. The Morgan fingerprint density at radius 1 is 1.38 bits per heavy atom. The van der Waals surface area contributed by atoms with Crippen LogP contribution in [0.1, 0.15) is 25.3 Å². The molecule has 0 saturated carbocycles. The number of rotatable bonds is 6. The largest absolute Gasteiger partial charge is 0.385 e. The molecule has 5 nitrogen and oxygen atoms in total. The van der Waals surface area contributed by atoms with E-state index in [-0.39, 0.29) is 6.04 Å². The molecule has 21 heavy (non-hydrogen) atoms. The van der Waals surface area contributed by atoms with Crippen molar-refractivity contribution in [3.8, 4) is 0 Å². The van der Waals surface area contributed by atoms with Crippen LogP contribution in [0.4, 0.5) is 5.69 Å². The van der Waals surface area contributed by atoms with Gasteiger partial charge < -0.3 is 10.2 Å². The predicted molar refractivity (Wildman–Crippen MR) is 86.2 cm³/mol. The Morgan fingerprint density at radius 2 is 2.14 bits per heavy atom. The molecule has 0 saturated heterocycles. The first-order valence-corrected chi connectivity index (χ1v) is 8.91. The number of nitrogens with one attached hydrogen (secondary N) is 2. The summed E-state index contributed by atoms with van der Waals surface area (Å²) in [6.45, 7) is 3.68. The van der Waals surface area contributed by atoms with Crippen molar-refractivity contribution in [2.45, 2.75) is 37.1 Å². The number of sulfonamides is 1. The lowest BCUT2D eigenvalue weighted by Crippen LogP contribution is -2.35. The minimum Gasteiger partial charge on any atom is -0.385 e. The molecular weight excluding hydrogens is 286 g/mol. The van der Waals surface area contributed by atoms with Crippen molar-refractivity contribution in [3.63, 3.8) is 0 Å². The second-order valence-corrected chi connectivity index (χ2v) is 7.61. The molecule has 0 fully saturated rings. The van der Waals surface area contributed by atoms with Crippen LogP contribution in [0.25, 0.3) is 0 Å². The minimum atomic E-state index is -3.46. The molecule has 1 aromatic carbocycles. The molecular formula is C15H25N3O2S. The normalized spacial score (nSPS) is 16.4. The summed E-state index contributed by atoms with van der Waals surface area (Å²) >= 11 is 0. The molecule has 1 heterocycles.